The van der Waals surface area contributed by atoms with Crippen molar-refractivity contribution in [1.82, 2.24) is 5.32 Å². The Morgan fingerprint density at radius 2 is 2.17 bits per heavy atom. The molecule has 0 bridgehead atoms. The first kappa shape index (κ1) is 7.62. The van der Waals surface area contributed by atoms with E-state index in [9.17, 15) is 0 Å². The van der Waals surface area contributed by atoms with Gasteiger partial charge in [-0.2, -0.15) is 0 Å². The molecule has 2 heteroatoms. The first-order valence-corrected chi connectivity index (χ1v) is 4.41. The van der Waals surface area contributed by atoms with Gasteiger partial charge in [-0.1, -0.05) is 18.2 Å². The van der Waals surface area contributed by atoms with Gasteiger partial charge in [0, 0.05) is 24.8 Å². The number of hydrogen-bond donors (Lipinski definition) is 2. The second-order valence-electron chi connectivity index (χ2n) is 3.32. The number of benzene rings is 1. The lowest BCUT2D eigenvalue weighted by atomic mass is 10.2. The molecule has 1 heterocycles. The molecular weight excluding hydrogens is 148 g/mol. The molecule has 1 aromatic rings. The average Bonchev–Trinajstić information content (AvgIpc) is 2.29. The Morgan fingerprint density at radius 3 is 3.08 bits per heavy atom. The van der Waals surface area contributed by atoms with Gasteiger partial charge in [-0.25, -0.2) is 0 Å². The van der Waals surface area contributed by atoms with E-state index in [0.717, 1.165) is 13.1 Å². The molecule has 0 spiro atoms. The van der Waals surface area contributed by atoms with Crippen LogP contribution in [0.5, 0.6) is 0 Å². The predicted octanol–water partition coefficient (Wildman–Crippen LogP) is 1.59. The molecule has 64 valence electrons. The number of para-hydroxylation sites is 1. The lowest BCUT2D eigenvalue weighted by Gasteiger charge is -2.08. The largest absolute Gasteiger partial charge is 0.383 e. The number of nitrogens with one attached hydrogen (secondary N) is 2. The van der Waals surface area contributed by atoms with Gasteiger partial charge in [-0.3, -0.25) is 0 Å². The molecule has 0 amide bonds. The Hall–Kier alpha value is -1.02. The second kappa shape index (κ2) is 3.15. The van der Waals surface area contributed by atoms with Crippen molar-refractivity contribution in [1.29, 1.82) is 0 Å². The zero-order chi connectivity index (χ0) is 8.39. The Bertz CT molecular complexity index is 243. The minimum Gasteiger partial charge on any atom is -0.383 e. The smallest absolute Gasteiger partial charge is 0.0386 e. The van der Waals surface area contributed by atoms with Crippen molar-refractivity contribution < 1.29 is 0 Å². The molecular formula is C10H14N2. The summed E-state index contributed by atoms with van der Waals surface area (Å²) in [5, 5.41) is 6.85. The van der Waals surface area contributed by atoms with E-state index < -0.39 is 0 Å². The standard InChI is InChI=1S/C10H14N2/c1-8-6-12-10-5-3-2-4-9(10)7-11-8/h2-5,8,11-12H,6-7H2,1H3. The number of rotatable bonds is 0. The SMILES string of the molecule is CC1CNc2ccccc2CN1. The van der Waals surface area contributed by atoms with Crippen LogP contribution in [0.15, 0.2) is 24.3 Å². The van der Waals surface area contributed by atoms with Gasteiger partial charge in [-0.05, 0) is 18.6 Å². The number of anilines is 1. The molecule has 1 unspecified atom stereocenters. The molecule has 2 N–H and O–H groups in total. The van der Waals surface area contributed by atoms with Crippen LogP contribution in [0.25, 0.3) is 0 Å². The van der Waals surface area contributed by atoms with Crippen molar-refractivity contribution in [2.75, 3.05) is 11.9 Å². The number of hydrogen-bond acceptors (Lipinski definition) is 2. The summed E-state index contributed by atoms with van der Waals surface area (Å²) in [6.45, 7) is 4.18. The van der Waals surface area contributed by atoms with E-state index in [1.54, 1.807) is 0 Å². The molecule has 0 fully saturated rings. The van der Waals surface area contributed by atoms with Gasteiger partial charge in [0.2, 0.25) is 0 Å². The number of fused-ring (bicyclic) bond motifs is 1. The second-order valence-corrected chi connectivity index (χ2v) is 3.32. The molecule has 1 aliphatic rings. The fraction of sp³-hybridized carbons (Fsp3) is 0.400. The molecule has 0 saturated carbocycles. The molecule has 0 aliphatic carbocycles. The highest BCUT2D eigenvalue weighted by atomic mass is 15.0. The van der Waals surface area contributed by atoms with E-state index in [0.29, 0.717) is 6.04 Å². The van der Waals surface area contributed by atoms with Gasteiger partial charge in [0.05, 0.1) is 0 Å². The molecule has 2 rings (SSSR count). The van der Waals surface area contributed by atoms with Crippen LogP contribution in [0.4, 0.5) is 5.69 Å². The first-order valence-electron chi connectivity index (χ1n) is 4.41. The van der Waals surface area contributed by atoms with Crippen molar-refractivity contribution >= 4 is 5.69 Å². The summed E-state index contributed by atoms with van der Waals surface area (Å²) in [4.78, 5) is 0. The van der Waals surface area contributed by atoms with Crippen LogP contribution in [0.3, 0.4) is 0 Å². The normalized spacial score (nSPS) is 22.2. The van der Waals surface area contributed by atoms with E-state index in [4.69, 9.17) is 0 Å². The van der Waals surface area contributed by atoms with Gasteiger partial charge in [-0.15, -0.1) is 0 Å². The third kappa shape index (κ3) is 1.43. The summed E-state index contributed by atoms with van der Waals surface area (Å²) >= 11 is 0. The quantitative estimate of drug-likeness (QED) is 0.605. The van der Waals surface area contributed by atoms with Crippen LogP contribution in [-0.4, -0.2) is 12.6 Å². The van der Waals surface area contributed by atoms with Gasteiger partial charge < -0.3 is 10.6 Å². The highest BCUT2D eigenvalue weighted by molar-refractivity contribution is 5.51. The Balaban J connectivity index is 2.26. The highest BCUT2D eigenvalue weighted by Crippen LogP contribution is 2.16. The van der Waals surface area contributed by atoms with E-state index in [1.807, 2.05) is 0 Å². The van der Waals surface area contributed by atoms with Gasteiger partial charge in [0.15, 0.2) is 0 Å². The Kier molecular flexibility index (Phi) is 2.00. The molecule has 1 aromatic carbocycles. The van der Waals surface area contributed by atoms with Gasteiger partial charge in [0.1, 0.15) is 0 Å². The van der Waals surface area contributed by atoms with E-state index in [2.05, 4.69) is 41.8 Å². The van der Waals surface area contributed by atoms with Crippen molar-refractivity contribution in [3.8, 4) is 0 Å². The zero-order valence-corrected chi connectivity index (χ0v) is 7.30. The first-order chi connectivity index (χ1) is 5.86. The monoisotopic (exact) mass is 162 g/mol. The maximum absolute atomic E-state index is 3.44. The molecule has 0 aromatic heterocycles. The minimum absolute atomic E-state index is 0.553. The maximum atomic E-state index is 3.44. The lowest BCUT2D eigenvalue weighted by molar-refractivity contribution is 0.581. The Morgan fingerprint density at radius 1 is 1.33 bits per heavy atom. The average molecular weight is 162 g/mol. The molecule has 1 aliphatic heterocycles. The zero-order valence-electron chi connectivity index (χ0n) is 7.30. The lowest BCUT2D eigenvalue weighted by Crippen LogP contribution is -2.29. The summed E-state index contributed by atoms with van der Waals surface area (Å²) < 4.78 is 0. The van der Waals surface area contributed by atoms with Crippen LogP contribution >= 0.6 is 0 Å². The summed E-state index contributed by atoms with van der Waals surface area (Å²) in [7, 11) is 0. The summed E-state index contributed by atoms with van der Waals surface area (Å²) in [5.41, 5.74) is 2.64. The molecule has 0 radical (unpaired) electrons. The van der Waals surface area contributed by atoms with Crippen molar-refractivity contribution in [3.05, 3.63) is 29.8 Å². The van der Waals surface area contributed by atoms with Gasteiger partial charge in [0.25, 0.3) is 0 Å². The third-order valence-corrected chi connectivity index (χ3v) is 2.26. The van der Waals surface area contributed by atoms with Crippen LogP contribution in [0.1, 0.15) is 12.5 Å². The minimum atomic E-state index is 0.553. The van der Waals surface area contributed by atoms with Crippen molar-refractivity contribution in [3.63, 3.8) is 0 Å². The molecule has 12 heavy (non-hydrogen) atoms. The predicted molar refractivity (Wildman–Crippen MR) is 51.2 cm³/mol. The van der Waals surface area contributed by atoms with Crippen molar-refractivity contribution in [2.24, 2.45) is 0 Å². The van der Waals surface area contributed by atoms with Crippen LogP contribution in [-0.2, 0) is 6.54 Å². The van der Waals surface area contributed by atoms with Gasteiger partial charge >= 0.3 is 0 Å². The summed E-state index contributed by atoms with van der Waals surface area (Å²) in [6.07, 6.45) is 0. The van der Waals surface area contributed by atoms with E-state index >= 15 is 0 Å². The molecule has 0 saturated heterocycles. The maximum Gasteiger partial charge on any atom is 0.0386 e. The summed E-state index contributed by atoms with van der Waals surface area (Å²) in [6, 6.07) is 9.00. The highest BCUT2D eigenvalue weighted by Gasteiger charge is 2.09. The van der Waals surface area contributed by atoms with E-state index in [-0.39, 0.29) is 0 Å². The molecule has 1 atom stereocenters. The fourth-order valence-corrected chi connectivity index (χ4v) is 1.47. The van der Waals surface area contributed by atoms with Crippen LogP contribution in [0.2, 0.25) is 0 Å². The summed E-state index contributed by atoms with van der Waals surface area (Å²) in [5.74, 6) is 0. The van der Waals surface area contributed by atoms with E-state index in [1.165, 1.54) is 11.3 Å². The molecule has 2 nitrogen and oxygen atoms in total. The van der Waals surface area contributed by atoms with Crippen LogP contribution in [0, 0.1) is 0 Å². The van der Waals surface area contributed by atoms with Crippen molar-refractivity contribution in [2.45, 2.75) is 19.5 Å². The Labute approximate surface area is 73.0 Å². The van der Waals surface area contributed by atoms with Crippen LogP contribution < -0.4 is 10.6 Å². The fourth-order valence-electron chi connectivity index (χ4n) is 1.47. The topological polar surface area (TPSA) is 24.1 Å². The third-order valence-electron chi connectivity index (χ3n) is 2.26.